The Morgan fingerprint density at radius 1 is 1.48 bits per heavy atom. The summed E-state index contributed by atoms with van der Waals surface area (Å²) in [5.74, 6) is 0. The molecule has 0 aliphatic carbocycles. The summed E-state index contributed by atoms with van der Waals surface area (Å²) < 4.78 is 5.33. The third-order valence-corrected chi connectivity index (χ3v) is 5.06. The summed E-state index contributed by atoms with van der Waals surface area (Å²) in [5.41, 5.74) is 10.7. The van der Waals surface area contributed by atoms with Crippen LogP contribution < -0.4 is 10.6 Å². The lowest BCUT2D eigenvalue weighted by molar-refractivity contribution is 0.119. The molecule has 0 saturated heterocycles. The quantitative estimate of drug-likeness (QED) is 0.880. The molecule has 3 rings (SSSR count). The zero-order valence-electron chi connectivity index (χ0n) is 12.5. The van der Waals surface area contributed by atoms with E-state index in [1.807, 2.05) is 19.1 Å². The third kappa shape index (κ3) is 2.89. The Kier molecular flexibility index (Phi) is 4.12. The number of ether oxygens (including phenoxy) is 1. The molecule has 1 aliphatic heterocycles. The molecule has 4 nitrogen and oxygen atoms in total. The monoisotopic (exact) mass is 303 g/mol. The summed E-state index contributed by atoms with van der Waals surface area (Å²) >= 11 is 1.67. The second kappa shape index (κ2) is 6.03. The number of nitrogens with two attached hydrogens (primary N) is 1. The van der Waals surface area contributed by atoms with Gasteiger partial charge in [0, 0.05) is 30.4 Å². The van der Waals surface area contributed by atoms with E-state index in [0.29, 0.717) is 0 Å². The summed E-state index contributed by atoms with van der Waals surface area (Å²) in [6.07, 6.45) is 2.28. The smallest absolute Gasteiger partial charge is 0.122 e. The molecule has 2 aromatic rings. The second-order valence-corrected chi connectivity index (χ2v) is 6.31. The molecular formula is C16H21N3OS. The van der Waals surface area contributed by atoms with Crippen LogP contribution in [0.15, 0.2) is 23.6 Å². The minimum absolute atomic E-state index is 0.0630. The fourth-order valence-electron chi connectivity index (χ4n) is 2.77. The van der Waals surface area contributed by atoms with Gasteiger partial charge in [-0.1, -0.05) is 6.07 Å². The minimum atomic E-state index is 0.0630. The maximum Gasteiger partial charge on any atom is 0.122 e. The molecule has 0 fully saturated rings. The Hall–Kier alpha value is -1.59. The molecular weight excluding hydrogens is 282 g/mol. The summed E-state index contributed by atoms with van der Waals surface area (Å²) in [6, 6.07) is 6.19. The minimum Gasteiger partial charge on any atom is -0.398 e. The van der Waals surface area contributed by atoms with Gasteiger partial charge in [0.1, 0.15) is 11.1 Å². The highest BCUT2D eigenvalue weighted by Crippen LogP contribution is 2.32. The number of nitrogens with zero attached hydrogens (tertiary/aromatic N) is 2. The van der Waals surface area contributed by atoms with Gasteiger partial charge < -0.3 is 15.4 Å². The van der Waals surface area contributed by atoms with Crippen LogP contribution in [-0.2, 0) is 17.7 Å². The number of hydrogen-bond acceptors (Lipinski definition) is 5. The maximum absolute atomic E-state index is 6.10. The first kappa shape index (κ1) is 14.4. The largest absolute Gasteiger partial charge is 0.398 e. The highest BCUT2D eigenvalue weighted by atomic mass is 32.1. The van der Waals surface area contributed by atoms with E-state index in [1.54, 1.807) is 18.4 Å². The van der Waals surface area contributed by atoms with Crippen molar-refractivity contribution in [2.45, 2.75) is 32.4 Å². The van der Waals surface area contributed by atoms with Crippen LogP contribution in [0.3, 0.4) is 0 Å². The van der Waals surface area contributed by atoms with E-state index in [-0.39, 0.29) is 6.10 Å². The molecule has 1 aliphatic rings. The van der Waals surface area contributed by atoms with E-state index in [2.05, 4.69) is 16.3 Å². The molecule has 21 heavy (non-hydrogen) atoms. The van der Waals surface area contributed by atoms with Crippen LogP contribution in [0.5, 0.6) is 0 Å². The average Bonchev–Trinajstić information content (AvgIpc) is 2.96. The van der Waals surface area contributed by atoms with Crippen molar-refractivity contribution in [3.05, 3.63) is 39.8 Å². The number of rotatable bonds is 4. The number of benzene rings is 1. The summed E-state index contributed by atoms with van der Waals surface area (Å²) in [5, 5.41) is 3.17. The van der Waals surface area contributed by atoms with E-state index < -0.39 is 0 Å². The highest BCUT2D eigenvalue weighted by Gasteiger charge is 2.20. The average molecular weight is 303 g/mol. The van der Waals surface area contributed by atoms with Crippen molar-refractivity contribution in [2.24, 2.45) is 0 Å². The van der Waals surface area contributed by atoms with E-state index in [9.17, 15) is 0 Å². The number of thiazole rings is 1. The Morgan fingerprint density at radius 3 is 3.14 bits per heavy atom. The molecule has 0 spiro atoms. The fourth-order valence-corrected chi connectivity index (χ4v) is 3.61. The topological polar surface area (TPSA) is 51.4 Å². The van der Waals surface area contributed by atoms with Crippen molar-refractivity contribution in [3.63, 3.8) is 0 Å². The van der Waals surface area contributed by atoms with Crippen molar-refractivity contribution in [1.82, 2.24) is 4.98 Å². The molecule has 5 heteroatoms. The van der Waals surface area contributed by atoms with Crippen LogP contribution in [0.1, 0.15) is 35.7 Å². The Morgan fingerprint density at radius 2 is 2.33 bits per heavy atom. The summed E-state index contributed by atoms with van der Waals surface area (Å²) in [6.45, 7) is 3.92. The lowest BCUT2D eigenvalue weighted by Gasteiger charge is -2.31. The first-order valence-electron chi connectivity index (χ1n) is 7.28. The predicted octanol–water partition coefficient (Wildman–Crippen LogP) is 3.39. The molecule has 0 radical (unpaired) electrons. The van der Waals surface area contributed by atoms with Crippen LogP contribution in [0.2, 0.25) is 0 Å². The first-order chi connectivity index (χ1) is 10.2. The standard InChI is InChI=1S/C16H21N3OS/c1-11(20-2)16-18-12(10-21-16)9-19-8-4-5-13-14(17)6-3-7-15(13)19/h3,6-7,10-11H,4-5,8-9,17H2,1-2H3. The Labute approximate surface area is 129 Å². The van der Waals surface area contributed by atoms with Crippen LogP contribution in [0.4, 0.5) is 11.4 Å². The first-order valence-corrected chi connectivity index (χ1v) is 8.16. The number of aromatic nitrogens is 1. The lowest BCUT2D eigenvalue weighted by Crippen LogP contribution is -2.29. The van der Waals surface area contributed by atoms with Crippen LogP contribution in [0.25, 0.3) is 0 Å². The van der Waals surface area contributed by atoms with Gasteiger partial charge in [0.2, 0.25) is 0 Å². The van der Waals surface area contributed by atoms with Crippen LogP contribution in [-0.4, -0.2) is 18.6 Å². The van der Waals surface area contributed by atoms with Crippen molar-refractivity contribution in [1.29, 1.82) is 0 Å². The van der Waals surface area contributed by atoms with Gasteiger partial charge >= 0.3 is 0 Å². The predicted molar refractivity (Wildman–Crippen MR) is 87.8 cm³/mol. The third-order valence-electron chi connectivity index (χ3n) is 4.01. The number of nitrogen functional groups attached to an aromatic ring is 1. The number of methoxy groups -OCH3 is 1. The SMILES string of the molecule is COC(C)c1nc(CN2CCCc3c(N)cccc32)cs1. The molecule has 1 atom stereocenters. The van der Waals surface area contributed by atoms with E-state index in [4.69, 9.17) is 15.5 Å². The van der Waals surface area contributed by atoms with Gasteiger partial charge in [-0.3, -0.25) is 0 Å². The van der Waals surface area contributed by atoms with Gasteiger partial charge in [0.05, 0.1) is 12.2 Å². The Bertz CT molecular complexity index is 626. The fraction of sp³-hybridized carbons (Fsp3) is 0.438. The summed E-state index contributed by atoms with van der Waals surface area (Å²) in [7, 11) is 1.72. The summed E-state index contributed by atoms with van der Waals surface area (Å²) in [4.78, 5) is 7.07. The van der Waals surface area contributed by atoms with Gasteiger partial charge in [-0.25, -0.2) is 4.98 Å². The Balaban J connectivity index is 1.81. The van der Waals surface area contributed by atoms with Crippen LogP contribution in [0, 0.1) is 0 Å². The van der Waals surface area contributed by atoms with E-state index in [1.165, 1.54) is 11.3 Å². The van der Waals surface area contributed by atoms with Crippen molar-refractivity contribution in [3.8, 4) is 0 Å². The van der Waals surface area contributed by atoms with Gasteiger partial charge in [0.15, 0.2) is 0 Å². The van der Waals surface area contributed by atoms with Gasteiger partial charge in [-0.15, -0.1) is 11.3 Å². The van der Waals surface area contributed by atoms with Gasteiger partial charge in [0.25, 0.3) is 0 Å². The van der Waals surface area contributed by atoms with Crippen LogP contribution >= 0.6 is 11.3 Å². The van der Waals surface area contributed by atoms with E-state index in [0.717, 1.165) is 42.3 Å². The van der Waals surface area contributed by atoms with Crippen molar-refractivity contribution >= 4 is 22.7 Å². The number of hydrogen-bond donors (Lipinski definition) is 1. The zero-order valence-corrected chi connectivity index (χ0v) is 13.3. The molecule has 0 amide bonds. The van der Waals surface area contributed by atoms with E-state index >= 15 is 0 Å². The molecule has 1 unspecified atom stereocenters. The maximum atomic E-state index is 6.10. The lowest BCUT2D eigenvalue weighted by atomic mass is 10.00. The molecule has 2 heterocycles. The normalized spacial score (nSPS) is 15.8. The van der Waals surface area contributed by atoms with Gasteiger partial charge in [-0.05, 0) is 37.5 Å². The molecule has 0 saturated carbocycles. The molecule has 2 N–H and O–H groups in total. The second-order valence-electron chi connectivity index (χ2n) is 5.43. The molecule has 112 valence electrons. The number of fused-ring (bicyclic) bond motifs is 1. The molecule has 0 bridgehead atoms. The molecule has 1 aromatic carbocycles. The van der Waals surface area contributed by atoms with Gasteiger partial charge in [-0.2, -0.15) is 0 Å². The molecule has 1 aromatic heterocycles. The van der Waals surface area contributed by atoms with Crippen molar-refractivity contribution < 1.29 is 4.74 Å². The highest BCUT2D eigenvalue weighted by molar-refractivity contribution is 7.09. The number of anilines is 2. The zero-order chi connectivity index (χ0) is 14.8. The van der Waals surface area contributed by atoms with Crippen molar-refractivity contribution in [2.75, 3.05) is 24.3 Å².